The Bertz CT molecular complexity index is 811. The molecule has 9 heteroatoms. The average molecular weight is 357 g/mol. The zero-order valence-corrected chi connectivity index (χ0v) is 14.4. The summed E-state index contributed by atoms with van der Waals surface area (Å²) in [6.07, 6.45) is 1.58. The first kappa shape index (κ1) is 17.4. The summed E-state index contributed by atoms with van der Waals surface area (Å²) in [5.41, 5.74) is 6.75. The van der Waals surface area contributed by atoms with Crippen molar-refractivity contribution in [2.45, 2.75) is 0 Å². The van der Waals surface area contributed by atoms with Gasteiger partial charge < -0.3 is 19.5 Å². The van der Waals surface area contributed by atoms with Gasteiger partial charge in [-0.15, -0.1) is 5.53 Å². The molecule has 0 saturated carbocycles. The van der Waals surface area contributed by atoms with Gasteiger partial charge in [-0.2, -0.15) is 5.10 Å². The van der Waals surface area contributed by atoms with E-state index < -0.39 is 0 Å². The summed E-state index contributed by atoms with van der Waals surface area (Å²) in [5.74, 6) is 1.39. The lowest BCUT2D eigenvalue weighted by Crippen LogP contribution is -2.37. The number of carbonyl (C=O) groups is 1. The molecule has 1 amide bonds. The molecule has 0 unspecified atom stereocenters. The van der Waals surface area contributed by atoms with Crippen molar-refractivity contribution in [1.82, 2.24) is 11.1 Å². The number of nitrogens with one attached hydrogen (secondary N) is 3. The fourth-order valence-electron chi connectivity index (χ4n) is 2.30. The lowest BCUT2D eigenvalue weighted by Gasteiger charge is -2.15. The van der Waals surface area contributed by atoms with Crippen LogP contribution in [0.2, 0.25) is 0 Å². The summed E-state index contributed by atoms with van der Waals surface area (Å²) in [5, 5.41) is 8.26. The molecule has 0 atom stereocenters. The van der Waals surface area contributed by atoms with Crippen LogP contribution in [0.4, 0.5) is 11.4 Å². The molecule has 0 fully saturated rings. The molecule has 0 aromatic heterocycles. The molecule has 26 heavy (non-hydrogen) atoms. The number of hydrogen-bond acceptors (Lipinski definition) is 8. The van der Waals surface area contributed by atoms with Crippen LogP contribution in [-0.2, 0) is 4.79 Å². The van der Waals surface area contributed by atoms with E-state index in [9.17, 15) is 4.79 Å². The number of methoxy groups -OCH3 is 2. The zero-order chi connectivity index (χ0) is 18.4. The molecule has 136 valence electrons. The number of hydrogen-bond donors (Lipinski definition) is 3. The second kappa shape index (κ2) is 8.08. The molecule has 9 nitrogen and oxygen atoms in total. The standard InChI is InChI=1S/C17H19N5O4/c1-24-13-6-7-16(25-2)15(9-13)19-17(23)10-26-14-5-3-4-12(8-14)22-11-18-20-21-22/h3-9,11,20-21H,10H2,1-2H3,(H,19,23). The molecule has 1 heterocycles. The van der Waals surface area contributed by atoms with Gasteiger partial charge in [0, 0.05) is 12.1 Å². The summed E-state index contributed by atoms with van der Waals surface area (Å²) in [6.45, 7) is -0.149. The highest BCUT2D eigenvalue weighted by Crippen LogP contribution is 2.28. The van der Waals surface area contributed by atoms with Crippen molar-refractivity contribution in [2.24, 2.45) is 5.10 Å². The average Bonchev–Trinajstić information content (AvgIpc) is 3.21. The fraction of sp³-hybridized carbons (Fsp3) is 0.176. The molecule has 3 N–H and O–H groups in total. The molecule has 0 saturated heterocycles. The van der Waals surface area contributed by atoms with Gasteiger partial charge in [0.2, 0.25) is 0 Å². The summed E-state index contributed by atoms with van der Waals surface area (Å²) < 4.78 is 16.0. The van der Waals surface area contributed by atoms with Gasteiger partial charge >= 0.3 is 0 Å². The quantitative estimate of drug-likeness (QED) is 0.691. The SMILES string of the molecule is COc1ccc(OC)c(NC(=O)COc2cccc(N3C=NNN3)c2)c1. The van der Waals surface area contributed by atoms with Crippen LogP contribution in [0.25, 0.3) is 0 Å². The van der Waals surface area contributed by atoms with Crippen molar-refractivity contribution in [3.8, 4) is 17.2 Å². The minimum atomic E-state index is -0.315. The van der Waals surface area contributed by atoms with Crippen LogP contribution in [-0.4, -0.2) is 33.1 Å². The van der Waals surface area contributed by atoms with Gasteiger partial charge in [-0.1, -0.05) is 6.07 Å². The van der Waals surface area contributed by atoms with Crippen molar-refractivity contribution in [2.75, 3.05) is 31.2 Å². The fourth-order valence-corrected chi connectivity index (χ4v) is 2.30. The Balaban J connectivity index is 1.61. The number of ether oxygens (including phenoxy) is 3. The van der Waals surface area contributed by atoms with Crippen LogP contribution in [0.15, 0.2) is 47.6 Å². The van der Waals surface area contributed by atoms with E-state index in [1.54, 1.807) is 48.8 Å². The number of hydrazone groups is 1. The second-order valence-electron chi connectivity index (χ2n) is 5.24. The smallest absolute Gasteiger partial charge is 0.262 e. The highest BCUT2D eigenvalue weighted by atomic mass is 16.5. The van der Waals surface area contributed by atoms with E-state index in [0.717, 1.165) is 5.69 Å². The third-order valence-electron chi connectivity index (χ3n) is 3.55. The Morgan fingerprint density at radius 1 is 1.15 bits per heavy atom. The molecule has 2 aromatic carbocycles. The van der Waals surface area contributed by atoms with Gasteiger partial charge in [0.25, 0.3) is 5.91 Å². The molecule has 1 aliphatic rings. The van der Waals surface area contributed by atoms with Crippen LogP contribution in [0, 0.1) is 0 Å². The van der Waals surface area contributed by atoms with E-state index in [0.29, 0.717) is 22.9 Å². The molecule has 0 aliphatic carbocycles. The first-order valence-electron chi connectivity index (χ1n) is 7.77. The predicted octanol–water partition coefficient (Wildman–Crippen LogP) is 1.49. The summed E-state index contributed by atoms with van der Waals surface area (Å²) in [6, 6.07) is 12.4. The van der Waals surface area contributed by atoms with E-state index in [1.807, 2.05) is 12.1 Å². The number of rotatable bonds is 7. The lowest BCUT2D eigenvalue weighted by atomic mass is 10.2. The number of benzene rings is 2. The maximum Gasteiger partial charge on any atom is 0.262 e. The molecule has 1 aliphatic heterocycles. The molecular formula is C17H19N5O4. The summed E-state index contributed by atoms with van der Waals surface area (Å²) in [4.78, 5) is 12.2. The highest BCUT2D eigenvalue weighted by Gasteiger charge is 2.11. The van der Waals surface area contributed by atoms with Crippen LogP contribution in [0.5, 0.6) is 17.2 Å². The van der Waals surface area contributed by atoms with E-state index >= 15 is 0 Å². The first-order valence-corrected chi connectivity index (χ1v) is 7.77. The van der Waals surface area contributed by atoms with Gasteiger partial charge in [-0.05, 0) is 24.3 Å². The molecule has 2 aromatic rings. The van der Waals surface area contributed by atoms with Crippen LogP contribution in [0.1, 0.15) is 0 Å². The van der Waals surface area contributed by atoms with E-state index in [4.69, 9.17) is 14.2 Å². The molecule has 0 radical (unpaired) electrons. The van der Waals surface area contributed by atoms with Crippen LogP contribution < -0.4 is 35.6 Å². The van der Waals surface area contributed by atoms with Crippen molar-refractivity contribution in [1.29, 1.82) is 0 Å². The topological polar surface area (TPSA) is 96.5 Å². The first-order chi connectivity index (χ1) is 12.7. The monoisotopic (exact) mass is 357 g/mol. The summed E-state index contributed by atoms with van der Waals surface area (Å²) in [7, 11) is 3.09. The number of carbonyl (C=O) groups excluding carboxylic acids is 1. The maximum absolute atomic E-state index is 12.2. The molecule has 0 spiro atoms. The Morgan fingerprint density at radius 3 is 2.77 bits per heavy atom. The molecule has 0 bridgehead atoms. The minimum Gasteiger partial charge on any atom is -0.497 e. The number of hydrazine groups is 2. The Labute approximate surface area is 150 Å². The third-order valence-corrected chi connectivity index (χ3v) is 3.55. The van der Waals surface area contributed by atoms with Crippen molar-refractivity contribution in [3.05, 3.63) is 42.5 Å². The van der Waals surface area contributed by atoms with Gasteiger partial charge in [-0.3, -0.25) is 4.79 Å². The van der Waals surface area contributed by atoms with Gasteiger partial charge in [0.05, 0.1) is 25.6 Å². The molecule has 3 rings (SSSR count). The second-order valence-corrected chi connectivity index (χ2v) is 5.24. The lowest BCUT2D eigenvalue weighted by molar-refractivity contribution is -0.118. The van der Waals surface area contributed by atoms with E-state index in [2.05, 4.69) is 21.5 Å². The van der Waals surface area contributed by atoms with E-state index in [-0.39, 0.29) is 12.5 Å². The van der Waals surface area contributed by atoms with Gasteiger partial charge in [-0.25, -0.2) is 10.5 Å². The number of nitrogens with zero attached hydrogens (tertiary/aromatic N) is 2. The molecular weight excluding hydrogens is 338 g/mol. The Morgan fingerprint density at radius 2 is 2.04 bits per heavy atom. The van der Waals surface area contributed by atoms with Gasteiger partial charge in [0.1, 0.15) is 23.6 Å². The van der Waals surface area contributed by atoms with Crippen molar-refractivity contribution in [3.63, 3.8) is 0 Å². The van der Waals surface area contributed by atoms with Crippen LogP contribution in [0.3, 0.4) is 0 Å². The normalized spacial score (nSPS) is 12.5. The minimum absolute atomic E-state index is 0.149. The maximum atomic E-state index is 12.2. The largest absolute Gasteiger partial charge is 0.497 e. The third kappa shape index (κ3) is 4.14. The zero-order valence-electron chi connectivity index (χ0n) is 14.4. The van der Waals surface area contributed by atoms with Gasteiger partial charge in [0.15, 0.2) is 6.61 Å². The van der Waals surface area contributed by atoms with Crippen molar-refractivity contribution >= 4 is 23.6 Å². The predicted molar refractivity (Wildman–Crippen MR) is 97.4 cm³/mol. The highest BCUT2D eigenvalue weighted by molar-refractivity contribution is 5.93. The Hall–Kier alpha value is -3.46. The van der Waals surface area contributed by atoms with Crippen LogP contribution >= 0.6 is 0 Å². The number of anilines is 2. The summed E-state index contributed by atoms with van der Waals surface area (Å²) >= 11 is 0. The van der Waals surface area contributed by atoms with Crippen molar-refractivity contribution < 1.29 is 19.0 Å². The van der Waals surface area contributed by atoms with E-state index in [1.165, 1.54) is 7.11 Å². The Kier molecular flexibility index (Phi) is 5.40. The number of amides is 1.